The zero-order valence-corrected chi connectivity index (χ0v) is 11.2. The molecule has 0 aliphatic carbocycles. The molecule has 0 radical (unpaired) electrons. The van der Waals surface area contributed by atoms with Crippen molar-refractivity contribution in [2.75, 3.05) is 11.9 Å². The Morgan fingerprint density at radius 2 is 2.06 bits per heavy atom. The summed E-state index contributed by atoms with van der Waals surface area (Å²) < 4.78 is 0. The van der Waals surface area contributed by atoms with Crippen molar-refractivity contribution in [3.05, 3.63) is 41.5 Å². The lowest BCUT2D eigenvalue weighted by atomic mass is 10.2. The zero-order chi connectivity index (χ0) is 13.0. The Morgan fingerprint density at radius 1 is 1.28 bits per heavy atom. The van der Waals surface area contributed by atoms with E-state index in [0.717, 1.165) is 24.6 Å². The molecule has 1 aromatic carbocycles. The van der Waals surface area contributed by atoms with Gasteiger partial charge < -0.3 is 5.32 Å². The molecule has 0 saturated heterocycles. The number of aromatic amines is 1. The molecular formula is C14H20N4. The number of aromatic nitrogens is 3. The first-order chi connectivity index (χ1) is 8.66. The maximum Gasteiger partial charge on any atom is 0.153 e. The van der Waals surface area contributed by atoms with Crippen LogP contribution in [0.5, 0.6) is 0 Å². The highest BCUT2D eigenvalue weighted by molar-refractivity contribution is 5.50. The zero-order valence-electron chi connectivity index (χ0n) is 11.2. The molecule has 0 aliphatic heterocycles. The van der Waals surface area contributed by atoms with E-state index < -0.39 is 0 Å². The van der Waals surface area contributed by atoms with Gasteiger partial charge in [0.2, 0.25) is 0 Å². The molecule has 0 amide bonds. The monoisotopic (exact) mass is 244 g/mol. The van der Waals surface area contributed by atoms with Crippen LogP contribution >= 0.6 is 0 Å². The molecule has 0 atom stereocenters. The van der Waals surface area contributed by atoms with Crippen molar-refractivity contribution in [2.24, 2.45) is 0 Å². The van der Waals surface area contributed by atoms with Crippen molar-refractivity contribution in [2.45, 2.75) is 33.1 Å². The number of nitrogens with zero attached hydrogens (tertiary/aromatic N) is 2. The fourth-order valence-corrected chi connectivity index (χ4v) is 1.77. The minimum atomic E-state index is 0.374. The second-order valence-corrected chi connectivity index (χ2v) is 4.79. The number of nitrogens with one attached hydrogen (secondary N) is 2. The van der Waals surface area contributed by atoms with Gasteiger partial charge in [0, 0.05) is 24.6 Å². The van der Waals surface area contributed by atoms with E-state index >= 15 is 0 Å². The highest BCUT2D eigenvalue weighted by atomic mass is 15.2. The van der Waals surface area contributed by atoms with Gasteiger partial charge in [-0.3, -0.25) is 5.10 Å². The molecule has 0 unspecified atom stereocenters. The molecule has 1 aromatic heterocycles. The Balaban J connectivity index is 1.87. The minimum Gasteiger partial charge on any atom is -0.384 e. The second kappa shape index (κ2) is 5.67. The lowest BCUT2D eigenvalue weighted by molar-refractivity contribution is 0.780. The normalized spacial score (nSPS) is 10.9. The summed E-state index contributed by atoms with van der Waals surface area (Å²) in [4.78, 5) is 4.46. The summed E-state index contributed by atoms with van der Waals surface area (Å²) in [5.41, 5.74) is 2.44. The van der Waals surface area contributed by atoms with Crippen LogP contribution in [0.4, 0.5) is 5.69 Å². The molecule has 0 saturated carbocycles. The van der Waals surface area contributed by atoms with Gasteiger partial charge in [-0.15, -0.1) is 0 Å². The SMILES string of the molecule is Cc1ccccc1NCCc1nc(C(C)C)n[nH]1. The van der Waals surface area contributed by atoms with E-state index in [1.807, 2.05) is 12.1 Å². The van der Waals surface area contributed by atoms with Gasteiger partial charge in [-0.1, -0.05) is 32.0 Å². The standard InChI is InChI=1S/C14H20N4/c1-10(2)14-16-13(17-18-14)8-9-15-12-7-5-4-6-11(12)3/h4-7,10,15H,8-9H2,1-3H3,(H,16,17,18). The van der Waals surface area contributed by atoms with Crippen LogP contribution < -0.4 is 5.32 Å². The van der Waals surface area contributed by atoms with Gasteiger partial charge in [0.15, 0.2) is 5.82 Å². The van der Waals surface area contributed by atoms with Crippen LogP contribution in [0.15, 0.2) is 24.3 Å². The van der Waals surface area contributed by atoms with Crippen LogP contribution in [0, 0.1) is 6.92 Å². The average Bonchev–Trinajstić information content (AvgIpc) is 2.80. The Labute approximate surface area is 108 Å². The lowest BCUT2D eigenvalue weighted by Gasteiger charge is -2.07. The van der Waals surface area contributed by atoms with Gasteiger partial charge in [0.25, 0.3) is 0 Å². The first-order valence-electron chi connectivity index (χ1n) is 6.37. The molecule has 0 aliphatic rings. The third kappa shape index (κ3) is 3.09. The van der Waals surface area contributed by atoms with Gasteiger partial charge in [-0.05, 0) is 18.6 Å². The number of hydrogen-bond donors (Lipinski definition) is 2. The first kappa shape index (κ1) is 12.6. The minimum absolute atomic E-state index is 0.374. The molecule has 2 rings (SSSR count). The number of para-hydroxylation sites is 1. The van der Waals surface area contributed by atoms with Crippen molar-refractivity contribution >= 4 is 5.69 Å². The van der Waals surface area contributed by atoms with E-state index in [4.69, 9.17) is 0 Å². The highest BCUT2D eigenvalue weighted by Gasteiger charge is 2.06. The van der Waals surface area contributed by atoms with Crippen molar-refractivity contribution in [3.8, 4) is 0 Å². The number of aryl methyl sites for hydroxylation is 1. The predicted octanol–water partition coefficient (Wildman–Crippen LogP) is 2.89. The van der Waals surface area contributed by atoms with E-state index in [1.54, 1.807) is 0 Å². The Kier molecular flexibility index (Phi) is 3.97. The number of rotatable bonds is 5. The molecule has 4 nitrogen and oxygen atoms in total. The summed E-state index contributed by atoms with van der Waals surface area (Å²) in [6.07, 6.45) is 0.855. The lowest BCUT2D eigenvalue weighted by Crippen LogP contribution is -2.07. The van der Waals surface area contributed by atoms with Crippen LogP contribution in [-0.4, -0.2) is 21.7 Å². The van der Waals surface area contributed by atoms with Crippen molar-refractivity contribution in [3.63, 3.8) is 0 Å². The van der Waals surface area contributed by atoms with Gasteiger partial charge in [-0.25, -0.2) is 4.98 Å². The van der Waals surface area contributed by atoms with Gasteiger partial charge in [0.1, 0.15) is 5.82 Å². The topological polar surface area (TPSA) is 53.6 Å². The quantitative estimate of drug-likeness (QED) is 0.850. The van der Waals surface area contributed by atoms with E-state index in [9.17, 15) is 0 Å². The Hall–Kier alpha value is -1.84. The molecule has 18 heavy (non-hydrogen) atoms. The molecule has 2 aromatic rings. The molecule has 96 valence electrons. The molecular weight excluding hydrogens is 224 g/mol. The van der Waals surface area contributed by atoms with Crippen LogP contribution in [0.1, 0.15) is 37.0 Å². The van der Waals surface area contributed by atoms with E-state index in [0.29, 0.717) is 5.92 Å². The average molecular weight is 244 g/mol. The summed E-state index contributed by atoms with van der Waals surface area (Å²) >= 11 is 0. The highest BCUT2D eigenvalue weighted by Crippen LogP contribution is 2.13. The van der Waals surface area contributed by atoms with Gasteiger partial charge in [-0.2, -0.15) is 5.10 Å². The summed E-state index contributed by atoms with van der Waals surface area (Å²) in [5.74, 6) is 2.21. The van der Waals surface area contributed by atoms with Crippen molar-refractivity contribution in [1.82, 2.24) is 15.2 Å². The summed E-state index contributed by atoms with van der Waals surface area (Å²) in [5, 5.41) is 10.6. The molecule has 4 heteroatoms. The molecule has 0 spiro atoms. The maximum absolute atomic E-state index is 4.46. The molecule has 0 fully saturated rings. The number of hydrogen-bond acceptors (Lipinski definition) is 3. The van der Waals surface area contributed by atoms with Crippen LogP contribution in [-0.2, 0) is 6.42 Å². The second-order valence-electron chi connectivity index (χ2n) is 4.79. The van der Waals surface area contributed by atoms with Crippen LogP contribution in [0.2, 0.25) is 0 Å². The Bertz CT molecular complexity index is 502. The van der Waals surface area contributed by atoms with Gasteiger partial charge in [0.05, 0.1) is 0 Å². The smallest absolute Gasteiger partial charge is 0.153 e. The van der Waals surface area contributed by atoms with Gasteiger partial charge >= 0.3 is 0 Å². The van der Waals surface area contributed by atoms with Crippen LogP contribution in [0.25, 0.3) is 0 Å². The predicted molar refractivity (Wildman–Crippen MR) is 73.8 cm³/mol. The third-order valence-corrected chi connectivity index (χ3v) is 2.89. The first-order valence-corrected chi connectivity index (χ1v) is 6.37. The number of benzene rings is 1. The third-order valence-electron chi connectivity index (χ3n) is 2.89. The summed E-state index contributed by atoms with van der Waals surface area (Å²) in [6.45, 7) is 7.16. The largest absolute Gasteiger partial charge is 0.384 e. The fraction of sp³-hybridized carbons (Fsp3) is 0.429. The summed E-state index contributed by atoms with van der Waals surface area (Å²) in [6, 6.07) is 8.29. The number of H-pyrrole nitrogens is 1. The van der Waals surface area contributed by atoms with Crippen LogP contribution in [0.3, 0.4) is 0 Å². The van der Waals surface area contributed by atoms with Crippen molar-refractivity contribution < 1.29 is 0 Å². The summed E-state index contributed by atoms with van der Waals surface area (Å²) in [7, 11) is 0. The van der Waals surface area contributed by atoms with E-state index in [-0.39, 0.29) is 0 Å². The molecule has 2 N–H and O–H groups in total. The maximum atomic E-state index is 4.46. The van der Waals surface area contributed by atoms with Crippen molar-refractivity contribution in [1.29, 1.82) is 0 Å². The fourth-order valence-electron chi connectivity index (χ4n) is 1.77. The van der Waals surface area contributed by atoms with E-state index in [1.165, 1.54) is 11.3 Å². The van der Waals surface area contributed by atoms with E-state index in [2.05, 4.69) is 53.4 Å². The molecule has 1 heterocycles. The molecule has 0 bridgehead atoms. The number of anilines is 1. The Morgan fingerprint density at radius 3 is 2.72 bits per heavy atom.